The van der Waals surface area contributed by atoms with E-state index in [-0.39, 0.29) is 18.2 Å². The van der Waals surface area contributed by atoms with Crippen molar-refractivity contribution in [2.45, 2.75) is 25.5 Å². The first-order chi connectivity index (χ1) is 12.6. The highest BCUT2D eigenvalue weighted by Gasteiger charge is 2.32. The van der Waals surface area contributed by atoms with Gasteiger partial charge in [0.05, 0.1) is 12.1 Å². The Kier molecular flexibility index (Phi) is 6.26. The molecule has 138 valence electrons. The van der Waals surface area contributed by atoms with Gasteiger partial charge in [-0.25, -0.2) is 4.79 Å². The molecule has 0 bridgehead atoms. The molecule has 2 amide bonds. The number of anilines is 1. The Bertz CT molecular complexity index is 720. The lowest BCUT2D eigenvalue weighted by molar-refractivity contribution is 0.0568. The predicted octanol–water partition coefficient (Wildman–Crippen LogP) is 3.12. The van der Waals surface area contributed by atoms with Crippen molar-refractivity contribution in [1.29, 1.82) is 0 Å². The maximum atomic E-state index is 12.4. The molecule has 5 nitrogen and oxygen atoms in total. The largest absolute Gasteiger partial charge is 0.375 e. The topological polar surface area (TPSA) is 53.6 Å². The molecule has 0 spiro atoms. The summed E-state index contributed by atoms with van der Waals surface area (Å²) in [5.74, 6) is 0. The SMILES string of the molecule is CCO[C@H]1CN(C)C[C@@H]1NC(=O)Nc1cccc(Cc2ccccc2)c1. The molecule has 2 aromatic rings. The molecule has 0 unspecified atom stereocenters. The monoisotopic (exact) mass is 353 g/mol. The Hall–Kier alpha value is -2.37. The predicted molar refractivity (Wildman–Crippen MR) is 105 cm³/mol. The van der Waals surface area contributed by atoms with Gasteiger partial charge in [0.2, 0.25) is 0 Å². The van der Waals surface area contributed by atoms with Gasteiger partial charge < -0.3 is 20.3 Å². The van der Waals surface area contributed by atoms with Crippen molar-refractivity contribution in [1.82, 2.24) is 10.2 Å². The van der Waals surface area contributed by atoms with Gasteiger partial charge in [-0.1, -0.05) is 42.5 Å². The Balaban J connectivity index is 1.58. The summed E-state index contributed by atoms with van der Waals surface area (Å²) < 4.78 is 5.74. The number of hydrogen-bond donors (Lipinski definition) is 2. The molecule has 1 saturated heterocycles. The van der Waals surface area contributed by atoms with E-state index in [0.717, 1.165) is 25.2 Å². The summed E-state index contributed by atoms with van der Waals surface area (Å²) in [6.45, 7) is 4.27. The van der Waals surface area contributed by atoms with Crippen LogP contribution in [-0.2, 0) is 11.2 Å². The minimum atomic E-state index is -0.188. The number of carbonyl (C=O) groups is 1. The number of nitrogens with zero attached hydrogens (tertiary/aromatic N) is 1. The summed E-state index contributed by atoms with van der Waals surface area (Å²) in [6, 6.07) is 18.1. The van der Waals surface area contributed by atoms with Crippen LogP contribution >= 0.6 is 0 Å². The average Bonchev–Trinajstić information content (AvgIpc) is 2.95. The van der Waals surface area contributed by atoms with E-state index in [4.69, 9.17) is 4.74 Å². The Morgan fingerprint density at radius 3 is 2.65 bits per heavy atom. The van der Waals surface area contributed by atoms with Crippen LogP contribution in [0.25, 0.3) is 0 Å². The molecule has 2 atom stereocenters. The highest BCUT2D eigenvalue weighted by Crippen LogP contribution is 2.16. The van der Waals surface area contributed by atoms with Gasteiger partial charge in [0.1, 0.15) is 0 Å². The lowest BCUT2D eigenvalue weighted by Crippen LogP contribution is -2.45. The molecule has 1 aliphatic heterocycles. The third-order valence-corrected chi connectivity index (χ3v) is 4.58. The van der Waals surface area contributed by atoms with Crippen LogP contribution in [0, 0.1) is 0 Å². The van der Waals surface area contributed by atoms with E-state index in [1.165, 1.54) is 11.1 Å². The second-order valence-corrected chi connectivity index (χ2v) is 6.78. The number of rotatable bonds is 6. The summed E-state index contributed by atoms with van der Waals surface area (Å²) in [6.07, 6.45) is 0.887. The van der Waals surface area contributed by atoms with Crippen LogP contribution in [0.2, 0.25) is 0 Å². The first-order valence-electron chi connectivity index (χ1n) is 9.14. The number of likely N-dealkylation sites (tertiary alicyclic amines) is 1. The fourth-order valence-corrected chi connectivity index (χ4v) is 3.41. The van der Waals surface area contributed by atoms with Crippen LogP contribution in [0.1, 0.15) is 18.1 Å². The molecule has 0 aromatic heterocycles. The highest BCUT2D eigenvalue weighted by atomic mass is 16.5. The van der Waals surface area contributed by atoms with E-state index in [2.05, 4.69) is 33.7 Å². The minimum absolute atomic E-state index is 0.00690. The fraction of sp³-hybridized carbons (Fsp3) is 0.381. The highest BCUT2D eigenvalue weighted by molar-refractivity contribution is 5.89. The number of benzene rings is 2. The molecule has 1 heterocycles. The van der Waals surface area contributed by atoms with Crippen LogP contribution in [-0.4, -0.2) is 49.8 Å². The van der Waals surface area contributed by atoms with Gasteiger partial charge in [-0.15, -0.1) is 0 Å². The summed E-state index contributed by atoms with van der Waals surface area (Å²) in [4.78, 5) is 14.6. The van der Waals surface area contributed by atoms with Gasteiger partial charge in [-0.3, -0.25) is 0 Å². The van der Waals surface area contributed by atoms with Gasteiger partial charge in [0.15, 0.2) is 0 Å². The zero-order chi connectivity index (χ0) is 18.4. The first-order valence-corrected chi connectivity index (χ1v) is 9.14. The molecule has 0 aliphatic carbocycles. The van der Waals surface area contributed by atoms with Crippen LogP contribution in [0.3, 0.4) is 0 Å². The minimum Gasteiger partial charge on any atom is -0.375 e. The van der Waals surface area contributed by atoms with Crippen molar-refractivity contribution in [3.63, 3.8) is 0 Å². The summed E-state index contributed by atoms with van der Waals surface area (Å²) >= 11 is 0. The fourth-order valence-electron chi connectivity index (χ4n) is 3.41. The van der Waals surface area contributed by atoms with Crippen molar-refractivity contribution >= 4 is 11.7 Å². The molecule has 3 rings (SSSR count). The zero-order valence-corrected chi connectivity index (χ0v) is 15.4. The standard InChI is InChI=1S/C21H27N3O2/c1-3-26-20-15-24(2)14-19(20)23-21(25)22-18-11-7-10-17(13-18)12-16-8-5-4-6-9-16/h4-11,13,19-20H,3,12,14-15H2,1-2H3,(H2,22,23,25)/t19-,20-/m0/s1. The average molecular weight is 353 g/mol. The van der Waals surface area contributed by atoms with Crippen molar-refractivity contribution < 1.29 is 9.53 Å². The van der Waals surface area contributed by atoms with Gasteiger partial charge in [0.25, 0.3) is 0 Å². The second-order valence-electron chi connectivity index (χ2n) is 6.78. The molecule has 26 heavy (non-hydrogen) atoms. The van der Waals surface area contributed by atoms with Crippen LogP contribution in [0.15, 0.2) is 54.6 Å². The normalized spacial score (nSPS) is 20.1. The van der Waals surface area contributed by atoms with Crippen LogP contribution in [0.5, 0.6) is 0 Å². The lowest BCUT2D eigenvalue weighted by atomic mass is 10.0. The third-order valence-electron chi connectivity index (χ3n) is 4.58. The maximum Gasteiger partial charge on any atom is 0.319 e. The zero-order valence-electron chi connectivity index (χ0n) is 15.4. The van der Waals surface area contributed by atoms with E-state index in [9.17, 15) is 4.79 Å². The summed E-state index contributed by atoms with van der Waals surface area (Å²) in [5, 5.41) is 5.99. The van der Waals surface area contributed by atoms with E-state index >= 15 is 0 Å². The lowest BCUT2D eigenvalue weighted by Gasteiger charge is -2.20. The maximum absolute atomic E-state index is 12.4. The second kappa shape index (κ2) is 8.83. The van der Waals surface area contributed by atoms with Crippen molar-refractivity contribution in [3.05, 3.63) is 65.7 Å². The molecule has 2 aromatic carbocycles. The van der Waals surface area contributed by atoms with Gasteiger partial charge in [-0.05, 0) is 43.7 Å². The summed E-state index contributed by atoms with van der Waals surface area (Å²) in [7, 11) is 2.04. The molecule has 1 aliphatic rings. The van der Waals surface area contributed by atoms with E-state index in [1.807, 2.05) is 50.4 Å². The van der Waals surface area contributed by atoms with Crippen molar-refractivity contribution in [2.24, 2.45) is 0 Å². The van der Waals surface area contributed by atoms with Crippen molar-refractivity contribution in [3.8, 4) is 0 Å². The van der Waals surface area contributed by atoms with E-state index in [0.29, 0.717) is 6.61 Å². The summed E-state index contributed by atoms with van der Waals surface area (Å²) in [5.41, 5.74) is 3.22. The first kappa shape index (κ1) is 18.4. The van der Waals surface area contributed by atoms with Gasteiger partial charge in [-0.2, -0.15) is 0 Å². The number of carbonyl (C=O) groups excluding carboxylic acids is 1. The molecule has 5 heteroatoms. The van der Waals surface area contributed by atoms with Crippen molar-refractivity contribution in [2.75, 3.05) is 32.1 Å². The Morgan fingerprint density at radius 1 is 1.12 bits per heavy atom. The number of amides is 2. The van der Waals surface area contributed by atoms with E-state index in [1.54, 1.807) is 0 Å². The Labute approximate surface area is 155 Å². The quantitative estimate of drug-likeness (QED) is 0.839. The number of urea groups is 1. The third kappa shape index (κ3) is 5.07. The molecule has 1 fully saturated rings. The number of ether oxygens (including phenoxy) is 1. The number of hydrogen-bond acceptors (Lipinski definition) is 3. The van der Waals surface area contributed by atoms with Crippen LogP contribution in [0.4, 0.5) is 10.5 Å². The smallest absolute Gasteiger partial charge is 0.319 e. The van der Waals surface area contributed by atoms with Gasteiger partial charge in [0, 0.05) is 25.4 Å². The molecule has 0 radical (unpaired) electrons. The molecular formula is C21H27N3O2. The number of likely N-dealkylation sites (N-methyl/N-ethyl adjacent to an activating group) is 1. The molecular weight excluding hydrogens is 326 g/mol. The van der Waals surface area contributed by atoms with E-state index < -0.39 is 0 Å². The van der Waals surface area contributed by atoms with Gasteiger partial charge >= 0.3 is 6.03 Å². The van der Waals surface area contributed by atoms with Crippen LogP contribution < -0.4 is 10.6 Å². The Morgan fingerprint density at radius 2 is 1.88 bits per heavy atom. The molecule has 2 N–H and O–H groups in total. The molecule has 0 saturated carbocycles. The number of nitrogens with one attached hydrogen (secondary N) is 2.